The van der Waals surface area contributed by atoms with Crippen LogP contribution in [-0.2, 0) is 6.42 Å². The zero-order valence-corrected chi connectivity index (χ0v) is 10.3. The number of Topliss-reactive ketones (excluding diaryl/α,β-unsaturated/α-hetero) is 1. The SMILES string of the molecule is CN(C)/C=C1\Cc2c(Br)cccc2C1=O. The molecule has 0 aliphatic heterocycles. The Hall–Kier alpha value is -1.09. The van der Waals surface area contributed by atoms with Crippen LogP contribution in [0, 0.1) is 0 Å². The van der Waals surface area contributed by atoms with Crippen molar-refractivity contribution in [1.29, 1.82) is 0 Å². The molecule has 0 amide bonds. The number of hydrogen-bond donors (Lipinski definition) is 0. The van der Waals surface area contributed by atoms with Crippen molar-refractivity contribution in [3.63, 3.8) is 0 Å². The van der Waals surface area contributed by atoms with Gasteiger partial charge in [0.05, 0.1) is 0 Å². The lowest BCUT2D eigenvalue weighted by molar-refractivity contribution is 0.103. The molecule has 1 aliphatic carbocycles. The first-order chi connectivity index (χ1) is 7.09. The Bertz CT molecular complexity index is 449. The number of rotatable bonds is 1. The first-order valence-electron chi connectivity index (χ1n) is 4.79. The Kier molecular flexibility index (Phi) is 2.65. The van der Waals surface area contributed by atoms with Crippen LogP contribution in [0.5, 0.6) is 0 Å². The van der Waals surface area contributed by atoms with Gasteiger partial charge in [-0.15, -0.1) is 0 Å². The zero-order chi connectivity index (χ0) is 11.0. The molecular formula is C12H12BrNO. The molecule has 1 aromatic rings. The van der Waals surface area contributed by atoms with Gasteiger partial charge in [-0.05, 0) is 11.6 Å². The van der Waals surface area contributed by atoms with Crippen molar-refractivity contribution >= 4 is 21.7 Å². The van der Waals surface area contributed by atoms with Crippen molar-refractivity contribution in [2.45, 2.75) is 6.42 Å². The lowest BCUT2D eigenvalue weighted by atomic mass is 10.1. The second-order valence-electron chi connectivity index (χ2n) is 3.89. The fraction of sp³-hybridized carbons (Fsp3) is 0.250. The molecular weight excluding hydrogens is 254 g/mol. The number of allylic oxidation sites excluding steroid dienone is 1. The number of benzene rings is 1. The maximum atomic E-state index is 12.0. The minimum atomic E-state index is 0.153. The van der Waals surface area contributed by atoms with Crippen LogP contribution in [0.25, 0.3) is 0 Å². The fourth-order valence-electron chi connectivity index (χ4n) is 1.81. The van der Waals surface area contributed by atoms with Crippen molar-refractivity contribution in [2.75, 3.05) is 14.1 Å². The van der Waals surface area contributed by atoms with Gasteiger partial charge in [0.25, 0.3) is 0 Å². The van der Waals surface area contributed by atoms with Crippen LogP contribution in [0.1, 0.15) is 15.9 Å². The van der Waals surface area contributed by atoms with E-state index >= 15 is 0 Å². The molecule has 0 saturated heterocycles. The summed E-state index contributed by atoms with van der Waals surface area (Å²) in [5, 5.41) is 0. The number of carbonyl (C=O) groups is 1. The molecule has 0 heterocycles. The van der Waals surface area contributed by atoms with Crippen molar-refractivity contribution in [2.24, 2.45) is 0 Å². The Morgan fingerprint density at radius 3 is 2.73 bits per heavy atom. The molecule has 0 bridgehead atoms. The standard InChI is InChI=1S/C12H12BrNO/c1-14(2)7-8-6-10-9(12(8)15)4-3-5-11(10)13/h3-5,7H,6H2,1-2H3/b8-7+. The van der Waals surface area contributed by atoms with E-state index in [2.05, 4.69) is 15.9 Å². The maximum Gasteiger partial charge on any atom is 0.191 e. The number of nitrogens with zero attached hydrogens (tertiary/aromatic N) is 1. The summed E-state index contributed by atoms with van der Waals surface area (Å²) in [6, 6.07) is 5.77. The molecule has 3 heteroatoms. The molecule has 0 spiro atoms. The summed E-state index contributed by atoms with van der Waals surface area (Å²) in [5.41, 5.74) is 2.80. The Morgan fingerprint density at radius 2 is 2.13 bits per heavy atom. The van der Waals surface area contributed by atoms with E-state index in [9.17, 15) is 4.79 Å². The molecule has 0 N–H and O–H groups in total. The van der Waals surface area contributed by atoms with E-state index in [1.807, 2.05) is 43.4 Å². The maximum absolute atomic E-state index is 12.0. The van der Waals surface area contributed by atoms with Crippen molar-refractivity contribution < 1.29 is 4.79 Å². The molecule has 0 atom stereocenters. The minimum Gasteiger partial charge on any atom is -0.383 e. The third-order valence-corrected chi connectivity index (χ3v) is 3.18. The Labute approximate surface area is 97.7 Å². The molecule has 0 saturated carbocycles. The summed E-state index contributed by atoms with van der Waals surface area (Å²) < 4.78 is 1.02. The zero-order valence-electron chi connectivity index (χ0n) is 8.75. The van der Waals surface area contributed by atoms with Gasteiger partial charge in [-0.25, -0.2) is 0 Å². The monoisotopic (exact) mass is 265 g/mol. The Balaban J connectivity index is 2.46. The molecule has 15 heavy (non-hydrogen) atoms. The van der Waals surface area contributed by atoms with Gasteiger partial charge in [-0.1, -0.05) is 28.1 Å². The number of hydrogen-bond acceptors (Lipinski definition) is 2. The van der Waals surface area contributed by atoms with Crippen molar-refractivity contribution in [3.8, 4) is 0 Å². The van der Waals surface area contributed by atoms with Crippen LogP contribution < -0.4 is 0 Å². The van der Waals surface area contributed by atoms with Gasteiger partial charge >= 0.3 is 0 Å². The second kappa shape index (κ2) is 3.81. The normalized spacial score (nSPS) is 17.0. The summed E-state index contributed by atoms with van der Waals surface area (Å²) in [6.07, 6.45) is 2.63. The smallest absolute Gasteiger partial charge is 0.191 e. The van der Waals surface area contributed by atoms with Crippen molar-refractivity contribution in [3.05, 3.63) is 45.6 Å². The number of ketones is 1. The summed E-state index contributed by atoms with van der Waals surface area (Å²) in [4.78, 5) is 13.9. The molecule has 0 unspecified atom stereocenters. The Morgan fingerprint density at radius 1 is 1.40 bits per heavy atom. The molecule has 1 aliphatic rings. The molecule has 0 radical (unpaired) electrons. The second-order valence-corrected chi connectivity index (χ2v) is 4.74. The van der Waals surface area contributed by atoms with E-state index in [0.29, 0.717) is 0 Å². The van der Waals surface area contributed by atoms with Crippen LogP contribution in [0.3, 0.4) is 0 Å². The quantitative estimate of drug-likeness (QED) is 0.728. The van der Waals surface area contributed by atoms with E-state index in [1.165, 1.54) is 0 Å². The number of halogens is 1. The summed E-state index contributed by atoms with van der Waals surface area (Å²) in [6.45, 7) is 0. The summed E-state index contributed by atoms with van der Waals surface area (Å²) in [7, 11) is 3.86. The van der Waals surface area contributed by atoms with Gasteiger partial charge in [-0.3, -0.25) is 4.79 Å². The van der Waals surface area contributed by atoms with Crippen LogP contribution in [0.2, 0.25) is 0 Å². The van der Waals surface area contributed by atoms with Gasteiger partial charge in [0.15, 0.2) is 5.78 Å². The third-order valence-electron chi connectivity index (χ3n) is 2.44. The molecule has 0 aromatic heterocycles. The molecule has 0 fully saturated rings. The first kappa shape index (κ1) is 10.4. The summed E-state index contributed by atoms with van der Waals surface area (Å²) >= 11 is 3.48. The predicted molar refractivity (Wildman–Crippen MR) is 63.9 cm³/mol. The van der Waals surface area contributed by atoms with E-state index in [4.69, 9.17) is 0 Å². The highest BCUT2D eigenvalue weighted by Crippen LogP contribution is 2.31. The lowest BCUT2D eigenvalue weighted by Crippen LogP contribution is -2.06. The van der Waals surface area contributed by atoms with E-state index < -0.39 is 0 Å². The average Bonchev–Trinajstić information content (AvgIpc) is 2.46. The molecule has 1 aromatic carbocycles. The third kappa shape index (κ3) is 1.84. The lowest BCUT2D eigenvalue weighted by Gasteiger charge is -2.05. The van der Waals surface area contributed by atoms with Crippen LogP contribution in [-0.4, -0.2) is 24.8 Å². The molecule has 78 valence electrons. The molecule has 2 nitrogen and oxygen atoms in total. The fourth-order valence-corrected chi connectivity index (χ4v) is 2.32. The van der Waals surface area contributed by atoms with Crippen molar-refractivity contribution in [1.82, 2.24) is 4.90 Å². The average molecular weight is 266 g/mol. The van der Waals surface area contributed by atoms with E-state index in [-0.39, 0.29) is 5.78 Å². The van der Waals surface area contributed by atoms with Gasteiger partial charge in [-0.2, -0.15) is 0 Å². The highest BCUT2D eigenvalue weighted by atomic mass is 79.9. The molecule has 2 rings (SSSR count). The van der Waals surface area contributed by atoms with Crippen LogP contribution in [0.4, 0.5) is 0 Å². The minimum absolute atomic E-state index is 0.153. The van der Waals surface area contributed by atoms with Gasteiger partial charge in [0, 0.05) is 42.3 Å². The van der Waals surface area contributed by atoms with E-state index in [1.54, 1.807) is 0 Å². The summed E-state index contributed by atoms with van der Waals surface area (Å²) in [5.74, 6) is 0.153. The van der Waals surface area contributed by atoms with Gasteiger partial charge < -0.3 is 4.90 Å². The van der Waals surface area contributed by atoms with Crippen LogP contribution >= 0.6 is 15.9 Å². The van der Waals surface area contributed by atoms with E-state index in [0.717, 1.165) is 27.6 Å². The van der Waals surface area contributed by atoms with Gasteiger partial charge in [0.1, 0.15) is 0 Å². The highest BCUT2D eigenvalue weighted by molar-refractivity contribution is 9.10. The largest absolute Gasteiger partial charge is 0.383 e. The highest BCUT2D eigenvalue weighted by Gasteiger charge is 2.26. The number of fused-ring (bicyclic) bond motifs is 1. The van der Waals surface area contributed by atoms with Crippen LogP contribution in [0.15, 0.2) is 34.4 Å². The van der Waals surface area contributed by atoms with Gasteiger partial charge in [0.2, 0.25) is 0 Å². The topological polar surface area (TPSA) is 20.3 Å². The predicted octanol–water partition coefficient (Wildman–Crippen LogP) is 2.63. The first-order valence-corrected chi connectivity index (χ1v) is 5.58. The number of carbonyl (C=O) groups excluding carboxylic acids is 1.